The molecule has 6 heteroatoms. The summed E-state index contributed by atoms with van der Waals surface area (Å²) < 4.78 is 11.0. The smallest absolute Gasteiger partial charge is 0.265 e. The zero-order valence-corrected chi connectivity index (χ0v) is 13.5. The van der Waals surface area contributed by atoms with Crippen LogP contribution >= 0.6 is 0 Å². The first-order valence-electron chi connectivity index (χ1n) is 7.63. The molecule has 3 rings (SSSR count). The van der Waals surface area contributed by atoms with Crippen molar-refractivity contribution in [3.8, 4) is 11.5 Å². The Balaban J connectivity index is 1.66. The highest BCUT2D eigenvalue weighted by atomic mass is 16.5. The Morgan fingerprint density at radius 2 is 2.00 bits per heavy atom. The van der Waals surface area contributed by atoms with Gasteiger partial charge in [0.2, 0.25) is 0 Å². The number of carbonyl (C=O) groups is 2. The summed E-state index contributed by atoms with van der Waals surface area (Å²) >= 11 is 0. The number of benzene rings is 2. The number of hydrogen-bond donors (Lipinski definition) is 2. The largest absolute Gasteiger partial charge is 0.484 e. The molecule has 0 saturated carbocycles. The third-order valence-corrected chi connectivity index (χ3v) is 3.61. The Bertz CT molecular complexity index is 771. The summed E-state index contributed by atoms with van der Waals surface area (Å²) in [4.78, 5) is 23.9. The molecule has 0 spiro atoms. The van der Waals surface area contributed by atoms with Crippen molar-refractivity contribution in [3.05, 3.63) is 48.0 Å². The van der Waals surface area contributed by atoms with E-state index in [4.69, 9.17) is 9.47 Å². The van der Waals surface area contributed by atoms with E-state index in [1.165, 1.54) is 0 Å². The number of amides is 2. The number of aryl methyl sites for hydroxylation is 1. The number of rotatable bonds is 4. The molecule has 2 N–H and O–H groups in total. The lowest BCUT2D eigenvalue weighted by Gasteiger charge is -2.25. The number of fused-ring (bicyclic) bond motifs is 1. The quantitative estimate of drug-likeness (QED) is 0.906. The maximum Gasteiger partial charge on any atom is 0.265 e. The summed E-state index contributed by atoms with van der Waals surface area (Å²) in [6.45, 7) is 3.52. The van der Waals surface area contributed by atoms with Gasteiger partial charge in [-0.1, -0.05) is 23.8 Å². The fraction of sp³-hybridized carbons (Fsp3) is 0.222. The van der Waals surface area contributed by atoms with Crippen LogP contribution in [0.5, 0.6) is 11.5 Å². The summed E-state index contributed by atoms with van der Waals surface area (Å²) in [6, 6.07) is 12.6. The fourth-order valence-electron chi connectivity index (χ4n) is 2.30. The van der Waals surface area contributed by atoms with Crippen LogP contribution in [0.25, 0.3) is 0 Å². The van der Waals surface area contributed by atoms with Crippen molar-refractivity contribution in [3.63, 3.8) is 0 Å². The first kappa shape index (κ1) is 15.9. The van der Waals surface area contributed by atoms with Crippen LogP contribution in [0.2, 0.25) is 0 Å². The van der Waals surface area contributed by atoms with Crippen molar-refractivity contribution in [1.82, 2.24) is 0 Å². The van der Waals surface area contributed by atoms with Crippen LogP contribution in [0.4, 0.5) is 11.4 Å². The number of carbonyl (C=O) groups excluding carboxylic acids is 2. The zero-order chi connectivity index (χ0) is 17.1. The van der Waals surface area contributed by atoms with Crippen LogP contribution in [0.3, 0.4) is 0 Å². The van der Waals surface area contributed by atoms with Gasteiger partial charge in [-0.05, 0) is 38.1 Å². The molecule has 1 unspecified atom stereocenters. The Kier molecular flexibility index (Phi) is 4.37. The second-order valence-corrected chi connectivity index (χ2v) is 5.58. The van der Waals surface area contributed by atoms with Crippen molar-refractivity contribution < 1.29 is 19.1 Å². The lowest BCUT2D eigenvalue weighted by atomic mass is 10.2. The highest BCUT2D eigenvalue weighted by Gasteiger charge is 2.25. The lowest BCUT2D eigenvalue weighted by molar-refractivity contribution is -0.122. The van der Waals surface area contributed by atoms with E-state index in [1.54, 1.807) is 25.1 Å². The van der Waals surface area contributed by atoms with Gasteiger partial charge in [0.15, 0.2) is 12.7 Å². The SMILES string of the molecule is Cc1ccc(OCC(=O)Nc2cccc3c2NC(=O)C(C)O3)cc1. The molecule has 24 heavy (non-hydrogen) atoms. The van der Waals surface area contributed by atoms with Gasteiger partial charge in [0.25, 0.3) is 11.8 Å². The summed E-state index contributed by atoms with van der Waals surface area (Å²) in [5.74, 6) is 0.576. The molecule has 0 aliphatic carbocycles. The van der Waals surface area contributed by atoms with Crippen molar-refractivity contribution in [1.29, 1.82) is 0 Å². The molecule has 0 aromatic heterocycles. The summed E-state index contributed by atoms with van der Waals surface area (Å²) in [5, 5.41) is 5.47. The number of hydrogen-bond acceptors (Lipinski definition) is 4. The minimum Gasteiger partial charge on any atom is -0.484 e. The normalized spacial score (nSPS) is 15.8. The van der Waals surface area contributed by atoms with E-state index in [9.17, 15) is 9.59 Å². The minimum atomic E-state index is -0.562. The van der Waals surface area contributed by atoms with Gasteiger partial charge in [-0.15, -0.1) is 0 Å². The van der Waals surface area contributed by atoms with Gasteiger partial charge in [-0.2, -0.15) is 0 Å². The Labute approximate surface area is 139 Å². The van der Waals surface area contributed by atoms with Crippen LogP contribution in [0.1, 0.15) is 12.5 Å². The molecule has 1 aliphatic heterocycles. The highest BCUT2D eigenvalue weighted by molar-refractivity contribution is 6.04. The summed E-state index contributed by atoms with van der Waals surface area (Å²) in [5.41, 5.74) is 2.06. The number of nitrogens with one attached hydrogen (secondary N) is 2. The Morgan fingerprint density at radius 1 is 1.25 bits per heavy atom. The van der Waals surface area contributed by atoms with Gasteiger partial charge in [-0.3, -0.25) is 9.59 Å². The molecule has 2 aromatic rings. The summed E-state index contributed by atoms with van der Waals surface area (Å²) in [6.07, 6.45) is -0.562. The molecular formula is C18H18N2O4. The van der Waals surface area contributed by atoms with Crippen LogP contribution < -0.4 is 20.1 Å². The van der Waals surface area contributed by atoms with Crippen LogP contribution in [0.15, 0.2) is 42.5 Å². The highest BCUT2D eigenvalue weighted by Crippen LogP contribution is 2.36. The number of para-hydroxylation sites is 1. The molecule has 1 heterocycles. The monoisotopic (exact) mass is 326 g/mol. The van der Waals surface area contributed by atoms with Gasteiger partial charge < -0.3 is 20.1 Å². The average Bonchev–Trinajstić information content (AvgIpc) is 2.56. The Hall–Kier alpha value is -3.02. The van der Waals surface area contributed by atoms with Crippen LogP contribution in [-0.2, 0) is 9.59 Å². The van der Waals surface area contributed by atoms with E-state index in [-0.39, 0.29) is 18.4 Å². The topological polar surface area (TPSA) is 76.7 Å². The first-order valence-corrected chi connectivity index (χ1v) is 7.63. The second kappa shape index (κ2) is 6.62. The van der Waals surface area contributed by atoms with E-state index >= 15 is 0 Å². The van der Waals surface area contributed by atoms with E-state index in [2.05, 4.69) is 10.6 Å². The predicted molar refractivity (Wildman–Crippen MR) is 90.5 cm³/mol. The molecule has 0 bridgehead atoms. The van der Waals surface area contributed by atoms with Gasteiger partial charge in [0, 0.05) is 0 Å². The number of anilines is 2. The molecule has 124 valence electrons. The molecule has 0 saturated heterocycles. The molecule has 1 aliphatic rings. The zero-order valence-electron chi connectivity index (χ0n) is 13.5. The molecule has 6 nitrogen and oxygen atoms in total. The maximum atomic E-state index is 12.1. The molecule has 2 amide bonds. The van der Waals surface area contributed by atoms with Gasteiger partial charge in [0.05, 0.1) is 5.69 Å². The molecule has 2 aromatic carbocycles. The average molecular weight is 326 g/mol. The van der Waals surface area contributed by atoms with E-state index < -0.39 is 6.10 Å². The number of ether oxygens (including phenoxy) is 2. The van der Waals surface area contributed by atoms with Crippen molar-refractivity contribution >= 4 is 23.2 Å². The van der Waals surface area contributed by atoms with Crippen molar-refractivity contribution in [2.24, 2.45) is 0 Å². The molecule has 1 atom stereocenters. The van der Waals surface area contributed by atoms with Gasteiger partial charge in [-0.25, -0.2) is 0 Å². The molecule has 0 fully saturated rings. The second-order valence-electron chi connectivity index (χ2n) is 5.58. The van der Waals surface area contributed by atoms with Gasteiger partial charge in [0.1, 0.15) is 17.2 Å². The maximum absolute atomic E-state index is 12.1. The first-order chi connectivity index (χ1) is 11.5. The van der Waals surface area contributed by atoms with E-state index in [0.717, 1.165) is 5.56 Å². The fourth-order valence-corrected chi connectivity index (χ4v) is 2.30. The van der Waals surface area contributed by atoms with Gasteiger partial charge >= 0.3 is 0 Å². The van der Waals surface area contributed by atoms with E-state index in [0.29, 0.717) is 22.9 Å². The van der Waals surface area contributed by atoms with Crippen molar-refractivity contribution in [2.45, 2.75) is 20.0 Å². The van der Waals surface area contributed by atoms with Crippen LogP contribution in [0, 0.1) is 6.92 Å². The third kappa shape index (κ3) is 3.48. The molecule has 0 radical (unpaired) electrons. The predicted octanol–water partition coefficient (Wildman–Crippen LogP) is 2.73. The Morgan fingerprint density at radius 3 is 2.75 bits per heavy atom. The third-order valence-electron chi connectivity index (χ3n) is 3.61. The van der Waals surface area contributed by atoms with Crippen molar-refractivity contribution in [2.75, 3.05) is 17.2 Å². The van der Waals surface area contributed by atoms with E-state index in [1.807, 2.05) is 31.2 Å². The molecular weight excluding hydrogens is 308 g/mol. The summed E-state index contributed by atoms with van der Waals surface area (Å²) in [7, 11) is 0. The van der Waals surface area contributed by atoms with Crippen LogP contribution in [-0.4, -0.2) is 24.5 Å². The minimum absolute atomic E-state index is 0.127. The standard InChI is InChI=1S/C18H18N2O4/c1-11-6-8-13(9-7-11)23-10-16(21)19-14-4-3-5-15-17(14)20-18(22)12(2)24-15/h3-9,12H,10H2,1-2H3,(H,19,21)(H,20,22). The lowest BCUT2D eigenvalue weighted by Crippen LogP contribution is -2.35.